The van der Waals surface area contributed by atoms with E-state index in [0.29, 0.717) is 18.2 Å². The smallest absolute Gasteiger partial charge is 0.328 e. The molecule has 0 saturated heterocycles. The highest BCUT2D eigenvalue weighted by atomic mass is 79.9. The topological polar surface area (TPSA) is 77.2 Å². The van der Waals surface area contributed by atoms with Crippen molar-refractivity contribution in [1.82, 2.24) is 14.8 Å². The molecule has 0 fully saturated rings. The number of benzene rings is 1. The van der Waals surface area contributed by atoms with Gasteiger partial charge in [-0.25, -0.2) is 9.78 Å². The lowest BCUT2D eigenvalue weighted by atomic mass is 10.2. The van der Waals surface area contributed by atoms with Gasteiger partial charge in [0.05, 0.1) is 4.47 Å². The van der Waals surface area contributed by atoms with Crippen LogP contribution in [0.2, 0.25) is 0 Å². The Morgan fingerprint density at radius 3 is 2.95 bits per heavy atom. The van der Waals surface area contributed by atoms with Crippen LogP contribution in [0.5, 0.6) is 5.75 Å². The summed E-state index contributed by atoms with van der Waals surface area (Å²) in [5.41, 5.74) is 0.769. The molecular weight excluding hydrogens is 326 g/mol. The maximum absolute atomic E-state index is 10.5. The number of rotatable bonds is 5. The molecule has 0 bridgehead atoms. The Morgan fingerprint density at radius 2 is 2.35 bits per heavy atom. The van der Waals surface area contributed by atoms with E-state index in [0.717, 1.165) is 16.1 Å². The second kappa shape index (κ2) is 6.33. The van der Waals surface area contributed by atoms with Crippen LogP contribution < -0.4 is 4.74 Å². The van der Waals surface area contributed by atoms with Crippen LogP contribution in [0.25, 0.3) is 6.08 Å². The molecule has 0 amide bonds. The van der Waals surface area contributed by atoms with Gasteiger partial charge in [0.2, 0.25) is 0 Å². The molecule has 0 atom stereocenters. The van der Waals surface area contributed by atoms with Gasteiger partial charge in [-0.15, -0.1) is 0 Å². The fourth-order valence-corrected chi connectivity index (χ4v) is 2.01. The minimum atomic E-state index is -0.983. The van der Waals surface area contributed by atoms with Gasteiger partial charge in [0.1, 0.15) is 18.7 Å². The number of carbonyl (C=O) groups is 1. The number of carboxylic acids is 1. The highest BCUT2D eigenvalue weighted by Gasteiger charge is 2.05. The van der Waals surface area contributed by atoms with Gasteiger partial charge in [0.15, 0.2) is 5.82 Å². The average Bonchev–Trinajstić information content (AvgIpc) is 2.81. The Balaban J connectivity index is 2.06. The number of aryl methyl sites for hydroxylation is 1. The van der Waals surface area contributed by atoms with Crippen molar-refractivity contribution in [3.63, 3.8) is 0 Å². The van der Waals surface area contributed by atoms with E-state index in [4.69, 9.17) is 9.84 Å². The number of ether oxygens (including phenoxy) is 1. The number of carboxylic acid groups (broad SMARTS) is 1. The zero-order valence-electron chi connectivity index (χ0n) is 10.7. The minimum Gasteiger partial charge on any atom is -0.484 e. The van der Waals surface area contributed by atoms with E-state index >= 15 is 0 Å². The van der Waals surface area contributed by atoms with Crippen LogP contribution >= 0.6 is 15.9 Å². The van der Waals surface area contributed by atoms with Crippen molar-refractivity contribution in [3.8, 4) is 5.75 Å². The van der Waals surface area contributed by atoms with E-state index in [1.54, 1.807) is 29.9 Å². The predicted molar refractivity (Wildman–Crippen MR) is 76.1 cm³/mol. The maximum atomic E-state index is 10.5. The maximum Gasteiger partial charge on any atom is 0.328 e. The van der Waals surface area contributed by atoms with Crippen molar-refractivity contribution in [2.75, 3.05) is 0 Å². The largest absolute Gasteiger partial charge is 0.484 e. The van der Waals surface area contributed by atoms with E-state index in [1.165, 1.54) is 12.4 Å². The van der Waals surface area contributed by atoms with Crippen molar-refractivity contribution in [2.24, 2.45) is 7.05 Å². The number of halogens is 1. The lowest BCUT2D eigenvalue weighted by Crippen LogP contribution is -2.04. The number of hydrogen-bond acceptors (Lipinski definition) is 4. The lowest BCUT2D eigenvalue weighted by molar-refractivity contribution is -0.131. The van der Waals surface area contributed by atoms with Crippen molar-refractivity contribution in [2.45, 2.75) is 6.61 Å². The third-order valence-corrected chi connectivity index (χ3v) is 3.16. The predicted octanol–water partition coefficient (Wildman–Crippen LogP) is 2.25. The van der Waals surface area contributed by atoms with E-state index in [9.17, 15) is 4.79 Å². The summed E-state index contributed by atoms with van der Waals surface area (Å²) in [4.78, 5) is 14.5. The van der Waals surface area contributed by atoms with Gasteiger partial charge in [0, 0.05) is 13.1 Å². The molecule has 1 heterocycles. The molecule has 2 rings (SSSR count). The monoisotopic (exact) mass is 337 g/mol. The van der Waals surface area contributed by atoms with E-state index in [-0.39, 0.29) is 0 Å². The molecule has 1 aromatic carbocycles. The third kappa shape index (κ3) is 3.67. The molecule has 7 heteroatoms. The molecule has 104 valence electrons. The molecule has 0 aliphatic heterocycles. The summed E-state index contributed by atoms with van der Waals surface area (Å²) in [6, 6.07) is 5.32. The molecule has 6 nitrogen and oxygen atoms in total. The van der Waals surface area contributed by atoms with Gasteiger partial charge in [-0.3, -0.25) is 4.68 Å². The van der Waals surface area contributed by atoms with Crippen LogP contribution in [0.3, 0.4) is 0 Å². The van der Waals surface area contributed by atoms with Gasteiger partial charge in [-0.05, 0) is 39.7 Å². The van der Waals surface area contributed by atoms with Crippen molar-refractivity contribution in [3.05, 3.63) is 46.5 Å². The van der Waals surface area contributed by atoms with Gasteiger partial charge in [-0.2, -0.15) is 5.10 Å². The quantitative estimate of drug-likeness (QED) is 0.846. The van der Waals surface area contributed by atoms with Crippen LogP contribution in [0.1, 0.15) is 11.4 Å². The molecule has 0 spiro atoms. The standard InChI is InChI=1S/C13H12BrN3O3/c1-17-12(15-8-16-17)7-20-11-4-2-9(6-10(11)14)3-5-13(18)19/h2-6,8H,7H2,1H3,(H,18,19). The SMILES string of the molecule is Cn1ncnc1COc1ccc(C=CC(=O)O)cc1Br. The van der Waals surface area contributed by atoms with Crippen molar-refractivity contribution in [1.29, 1.82) is 0 Å². The summed E-state index contributed by atoms with van der Waals surface area (Å²) in [5.74, 6) is 0.385. The molecule has 1 aromatic heterocycles. The van der Waals surface area contributed by atoms with Crippen LogP contribution in [0.15, 0.2) is 35.1 Å². The first-order valence-corrected chi connectivity index (χ1v) is 6.52. The molecule has 20 heavy (non-hydrogen) atoms. The van der Waals surface area contributed by atoms with Crippen LogP contribution in [-0.2, 0) is 18.4 Å². The lowest BCUT2D eigenvalue weighted by Gasteiger charge is -2.08. The summed E-state index contributed by atoms with van der Waals surface area (Å²) in [7, 11) is 1.79. The molecule has 2 aromatic rings. The molecule has 0 aliphatic carbocycles. The Labute approximate surface area is 123 Å². The van der Waals surface area contributed by atoms with Crippen molar-refractivity contribution >= 4 is 28.0 Å². The Hall–Kier alpha value is -2.15. The van der Waals surface area contributed by atoms with Crippen LogP contribution in [0.4, 0.5) is 0 Å². The van der Waals surface area contributed by atoms with E-state index < -0.39 is 5.97 Å². The van der Waals surface area contributed by atoms with E-state index in [2.05, 4.69) is 26.0 Å². The first-order valence-electron chi connectivity index (χ1n) is 5.72. The highest BCUT2D eigenvalue weighted by Crippen LogP contribution is 2.27. The van der Waals surface area contributed by atoms with Gasteiger partial charge >= 0.3 is 5.97 Å². The molecule has 1 N–H and O–H groups in total. The number of nitrogens with zero attached hydrogens (tertiary/aromatic N) is 3. The van der Waals surface area contributed by atoms with Gasteiger partial charge in [0.25, 0.3) is 0 Å². The Kier molecular flexibility index (Phi) is 4.52. The number of hydrogen-bond donors (Lipinski definition) is 1. The Bertz CT molecular complexity index is 652. The minimum absolute atomic E-state index is 0.305. The zero-order chi connectivity index (χ0) is 14.5. The second-order valence-corrected chi connectivity index (χ2v) is 4.80. The molecule has 0 unspecified atom stereocenters. The first kappa shape index (κ1) is 14.3. The summed E-state index contributed by atoms with van der Waals surface area (Å²) < 4.78 is 8.01. The van der Waals surface area contributed by atoms with Crippen LogP contribution in [-0.4, -0.2) is 25.8 Å². The number of aromatic nitrogens is 3. The zero-order valence-corrected chi connectivity index (χ0v) is 12.2. The molecule has 0 saturated carbocycles. The fraction of sp³-hybridized carbons (Fsp3) is 0.154. The van der Waals surface area contributed by atoms with Gasteiger partial charge < -0.3 is 9.84 Å². The molecule has 0 radical (unpaired) electrons. The third-order valence-electron chi connectivity index (χ3n) is 2.54. The molecule has 0 aliphatic rings. The highest BCUT2D eigenvalue weighted by molar-refractivity contribution is 9.10. The number of aliphatic carboxylic acids is 1. The first-order chi connectivity index (χ1) is 9.56. The average molecular weight is 338 g/mol. The van der Waals surface area contributed by atoms with E-state index in [1.807, 2.05) is 0 Å². The summed E-state index contributed by atoms with van der Waals surface area (Å²) in [6.45, 7) is 0.305. The normalized spacial score (nSPS) is 10.9. The van der Waals surface area contributed by atoms with Crippen LogP contribution in [0, 0.1) is 0 Å². The second-order valence-electron chi connectivity index (χ2n) is 3.95. The van der Waals surface area contributed by atoms with Gasteiger partial charge in [-0.1, -0.05) is 6.07 Å². The summed E-state index contributed by atoms with van der Waals surface area (Å²) in [6.07, 6.45) is 4.06. The summed E-state index contributed by atoms with van der Waals surface area (Å²) in [5, 5.41) is 12.5. The Morgan fingerprint density at radius 1 is 1.55 bits per heavy atom. The van der Waals surface area contributed by atoms with Crippen molar-refractivity contribution < 1.29 is 14.6 Å². The fourth-order valence-electron chi connectivity index (χ4n) is 1.50. The molecular formula is C13H12BrN3O3. The summed E-state index contributed by atoms with van der Waals surface area (Å²) >= 11 is 3.39.